The van der Waals surface area contributed by atoms with Gasteiger partial charge in [-0.05, 0) is 0 Å². The van der Waals surface area contributed by atoms with Crippen LogP contribution < -0.4 is 4.72 Å². The van der Waals surface area contributed by atoms with Crippen molar-refractivity contribution >= 4 is 21.8 Å². The molecular formula is C7H10N2O4S. The zero-order chi connectivity index (χ0) is 10.8. The number of sulfonamides is 1. The first-order valence-corrected chi connectivity index (χ1v) is 5.77. The van der Waals surface area contributed by atoms with Crippen molar-refractivity contribution in [2.75, 3.05) is 19.3 Å². The summed E-state index contributed by atoms with van der Waals surface area (Å²) < 4.78 is 23.5. The second-order valence-corrected chi connectivity index (χ2v) is 4.66. The first kappa shape index (κ1) is 10.9. The van der Waals surface area contributed by atoms with Crippen LogP contribution >= 0.6 is 0 Å². The monoisotopic (exact) mass is 218 g/mol. The maximum Gasteiger partial charge on any atom is 0.253 e. The Bertz CT molecular complexity index is 366. The molecule has 1 aliphatic rings. The molecule has 0 radical (unpaired) electrons. The van der Waals surface area contributed by atoms with E-state index in [1.165, 1.54) is 0 Å². The lowest BCUT2D eigenvalue weighted by atomic mass is 10.5. The highest BCUT2D eigenvalue weighted by atomic mass is 32.2. The van der Waals surface area contributed by atoms with Gasteiger partial charge in [0.1, 0.15) is 0 Å². The molecule has 0 aliphatic carbocycles. The molecule has 0 bridgehead atoms. The molecule has 0 aromatic heterocycles. The topological polar surface area (TPSA) is 83.6 Å². The lowest BCUT2D eigenvalue weighted by Crippen LogP contribution is -2.37. The maximum absolute atomic E-state index is 11.0. The van der Waals surface area contributed by atoms with Crippen LogP contribution in [0.3, 0.4) is 0 Å². The molecule has 0 atom stereocenters. The summed E-state index contributed by atoms with van der Waals surface area (Å²) >= 11 is 0. The van der Waals surface area contributed by atoms with Crippen LogP contribution in [0.5, 0.6) is 0 Å². The number of hydrogen-bond donors (Lipinski definition) is 1. The van der Waals surface area contributed by atoms with E-state index >= 15 is 0 Å². The summed E-state index contributed by atoms with van der Waals surface area (Å²) in [5.74, 6) is -0.824. The highest BCUT2D eigenvalue weighted by Gasteiger charge is 2.22. The molecule has 0 saturated heterocycles. The molecule has 0 aromatic carbocycles. The Balaban J connectivity index is 2.40. The third-order valence-corrected chi connectivity index (χ3v) is 2.33. The Morgan fingerprint density at radius 3 is 2.21 bits per heavy atom. The first-order valence-electron chi connectivity index (χ1n) is 3.88. The van der Waals surface area contributed by atoms with E-state index in [1.807, 2.05) is 0 Å². The van der Waals surface area contributed by atoms with Gasteiger partial charge >= 0.3 is 0 Å². The van der Waals surface area contributed by atoms with Gasteiger partial charge in [0, 0.05) is 25.2 Å². The molecule has 0 fully saturated rings. The average molecular weight is 218 g/mol. The van der Waals surface area contributed by atoms with Gasteiger partial charge in [0.2, 0.25) is 10.0 Å². The smallest absolute Gasteiger partial charge is 0.253 e. The lowest BCUT2D eigenvalue weighted by molar-refractivity contribution is -0.136. The zero-order valence-electron chi connectivity index (χ0n) is 7.56. The minimum Gasteiger partial charge on any atom is -0.274 e. The van der Waals surface area contributed by atoms with Crippen LogP contribution in [0.25, 0.3) is 0 Å². The number of rotatable bonds is 4. The zero-order valence-corrected chi connectivity index (χ0v) is 8.37. The van der Waals surface area contributed by atoms with Crippen LogP contribution in [0.15, 0.2) is 12.2 Å². The van der Waals surface area contributed by atoms with Gasteiger partial charge in [0.25, 0.3) is 11.8 Å². The Morgan fingerprint density at radius 1 is 1.29 bits per heavy atom. The molecule has 7 heteroatoms. The Labute approximate surface area is 81.6 Å². The predicted octanol–water partition coefficient (Wildman–Crippen LogP) is -1.54. The van der Waals surface area contributed by atoms with Crippen LogP contribution in [0.2, 0.25) is 0 Å². The van der Waals surface area contributed by atoms with Crippen molar-refractivity contribution in [2.24, 2.45) is 0 Å². The number of nitrogens with one attached hydrogen (secondary N) is 1. The summed E-state index contributed by atoms with van der Waals surface area (Å²) in [6, 6.07) is 0. The largest absolute Gasteiger partial charge is 0.274 e. The average Bonchev–Trinajstić information content (AvgIpc) is 2.33. The van der Waals surface area contributed by atoms with Crippen molar-refractivity contribution in [1.82, 2.24) is 9.62 Å². The molecular weight excluding hydrogens is 208 g/mol. The number of carbonyl (C=O) groups is 2. The van der Waals surface area contributed by atoms with Gasteiger partial charge in [-0.1, -0.05) is 0 Å². The number of nitrogens with zero attached hydrogens (tertiary/aromatic N) is 1. The SMILES string of the molecule is CS(=O)(=O)NCCN1C(=O)C=CC1=O. The summed E-state index contributed by atoms with van der Waals surface area (Å²) in [5.41, 5.74) is 0. The molecule has 1 N–H and O–H groups in total. The molecule has 1 heterocycles. The predicted molar refractivity (Wildman–Crippen MR) is 48.7 cm³/mol. The number of imide groups is 1. The fourth-order valence-electron chi connectivity index (χ4n) is 0.994. The van der Waals surface area contributed by atoms with E-state index in [-0.39, 0.29) is 13.1 Å². The third kappa shape index (κ3) is 2.93. The summed E-state index contributed by atoms with van der Waals surface area (Å²) in [6.07, 6.45) is 3.32. The number of hydrogen-bond acceptors (Lipinski definition) is 4. The molecule has 1 rings (SSSR count). The van der Waals surface area contributed by atoms with E-state index in [2.05, 4.69) is 4.72 Å². The molecule has 2 amide bonds. The van der Waals surface area contributed by atoms with E-state index < -0.39 is 21.8 Å². The highest BCUT2D eigenvalue weighted by Crippen LogP contribution is 2.01. The molecule has 0 aromatic rings. The number of amides is 2. The minimum atomic E-state index is -3.27. The second kappa shape index (κ2) is 3.89. The van der Waals surface area contributed by atoms with Crippen LogP contribution in [-0.2, 0) is 19.6 Å². The molecule has 0 unspecified atom stereocenters. The Morgan fingerprint density at radius 2 is 1.79 bits per heavy atom. The molecule has 0 spiro atoms. The molecule has 0 saturated carbocycles. The van der Waals surface area contributed by atoms with Crippen molar-refractivity contribution in [1.29, 1.82) is 0 Å². The van der Waals surface area contributed by atoms with Crippen molar-refractivity contribution in [3.05, 3.63) is 12.2 Å². The first-order chi connectivity index (χ1) is 6.40. The van der Waals surface area contributed by atoms with Crippen molar-refractivity contribution < 1.29 is 18.0 Å². The fourth-order valence-corrected chi connectivity index (χ4v) is 1.46. The normalized spacial score (nSPS) is 16.8. The van der Waals surface area contributed by atoms with Crippen molar-refractivity contribution in [3.8, 4) is 0 Å². The second-order valence-electron chi connectivity index (χ2n) is 2.83. The summed E-state index contributed by atoms with van der Waals surface area (Å²) in [6.45, 7) is 0.0930. The van der Waals surface area contributed by atoms with Crippen LogP contribution in [-0.4, -0.2) is 44.5 Å². The lowest BCUT2D eigenvalue weighted by Gasteiger charge is -2.12. The van der Waals surface area contributed by atoms with E-state index in [4.69, 9.17) is 0 Å². The maximum atomic E-state index is 11.0. The van der Waals surface area contributed by atoms with Gasteiger partial charge in [-0.15, -0.1) is 0 Å². The van der Waals surface area contributed by atoms with Gasteiger partial charge in [0.15, 0.2) is 0 Å². The van der Waals surface area contributed by atoms with Gasteiger partial charge in [-0.3, -0.25) is 14.5 Å². The highest BCUT2D eigenvalue weighted by molar-refractivity contribution is 7.88. The molecule has 14 heavy (non-hydrogen) atoms. The van der Waals surface area contributed by atoms with Crippen molar-refractivity contribution in [3.63, 3.8) is 0 Å². The molecule has 78 valence electrons. The van der Waals surface area contributed by atoms with Gasteiger partial charge < -0.3 is 0 Å². The van der Waals surface area contributed by atoms with E-state index in [0.717, 1.165) is 23.3 Å². The van der Waals surface area contributed by atoms with Gasteiger partial charge in [0.05, 0.1) is 6.26 Å². The summed E-state index contributed by atoms with van der Waals surface area (Å²) in [4.78, 5) is 22.9. The Kier molecular flexibility index (Phi) is 3.02. The standard InChI is InChI=1S/C7H10N2O4S/c1-14(12,13)8-4-5-9-6(10)2-3-7(9)11/h2-3,8H,4-5H2,1H3. The van der Waals surface area contributed by atoms with E-state index in [1.54, 1.807) is 0 Å². The number of carbonyl (C=O) groups excluding carboxylic acids is 2. The summed E-state index contributed by atoms with van der Waals surface area (Å²) in [7, 11) is -3.27. The summed E-state index contributed by atoms with van der Waals surface area (Å²) in [5, 5.41) is 0. The molecule has 1 aliphatic heterocycles. The third-order valence-electron chi connectivity index (χ3n) is 1.60. The fraction of sp³-hybridized carbons (Fsp3) is 0.429. The van der Waals surface area contributed by atoms with Crippen LogP contribution in [0.1, 0.15) is 0 Å². The van der Waals surface area contributed by atoms with E-state index in [9.17, 15) is 18.0 Å². The van der Waals surface area contributed by atoms with E-state index in [0.29, 0.717) is 0 Å². The van der Waals surface area contributed by atoms with Crippen LogP contribution in [0.4, 0.5) is 0 Å². The van der Waals surface area contributed by atoms with Gasteiger partial charge in [-0.2, -0.15) is 0 Å². The Hall–Kier alpha value is -1.21. The minimum absolute atomic E-state index is 0.0397. The van der Waals surface area contributed by atoms with Gasteiger partial charge in [-0.25, -0.2) is 13.1 Å². The van der Waals surface area contributed by atoms with Crippen LogP contribution in [0, 0.1) is 0 Å². The van der Waals surface area contributed by atoms with Crippen molar-refractivity contribution in [2.45, 2.75) is 0 Å². The quantitative estimate of drug-likeness (QED) is 0.580. The molecule has 6 nitrogen and oxygen atoms in total.